The molecule has 4 heteroatoms. The lowest BCUT2D eigenvalue weighted by Gasteiger charge is -2.04. The van der Waals surface area contributed by atoms with E-state index in [1.165, 1.54) is 0 Å². The van der Waals surface area contributed by atoms with Gasteiger partial charge >= 0.3 is 0 Å². The molecule has 1 rings (SSSR count). The van der Waals surface area contributed by atoms with Crippen molar-refractivity contribution in [2.24, 2.45) is 0 Å². The summed E-state index contributed by atoms with van der Waals surface area (Å²) in [7, 11) is 0. The maximum absolute atomic E-state index is 11.5. The van der Waals surface area contributed by atoms with Crippen molar-refractivity contribution in [1.29, 1.82) is 0 Å². The molecule has 76 valence electrons. The number of carbonyl (C=O) groups is 1. The van der Waals surface area contributed by atoms with Crippen molar-refractivity contribution in [2.45, 2.75) is 6.42 Å². The summed E-state index contributed by atoms with van der Waals surface area (Å²) in [4.78, 5) is 11.5. The zero-order chi connectivity index (χ0) is 10.4. The third-order valence-electron chi connectivity index (χ3n) is 1.74. The van der Waals surface area contributed by atoms with Crippen LogP contribution in [-0.2, 0) is 0 Å². The van der Waals surface area contributed by atoms with Gasteiger partial charge in [-0.3, -0.25) is 4.79 Å². The molecule has 0 spiro atoms. The Morgan fingerprint density at radius 3 is 2.93 bits per heavy atom. The third kappa shape index (κ3) is 3.26. The van der Waals surface area contributed by atoms with Gasteiger partial charge in [0.15, 0.2) is 0 Å². The Labute approximate surface area is 88.2 Å². The van der Waals surface area contributed by atoms with Gasteiger partial charge in [-0.25, -0.2) is 0 Å². The number of amides is 1. The molecule has 3 N–H and O–H groups in total. The molecule has 0 fully saturated rings. The van der Waals surface area contributed by atoms with Gasteiger partial charge in [0.05, 0.1) is 0 Å². The van der Waals surface area contributed by atoms with Crippen molar-refractivity contribution in [3.05, 3.63) is 29.8 Å². The van der Waals surface area contributed by atoms with Gasteiger partial charge in [0, 0.05) is 23.7 Å². The average Bonchev–Trinajstić information content (AvgIpc) is 2.18. The number of nitrogens with one attached hydrogen (secondary N) is 1. The van der Waals surface area contributed by atoms with Crippen LogP contribution < -0.4 is 11.1 Å². The first-order valence-electron chi connectivity index (χ1n) is 4.43. The minimum absolute atomic E-state index is 0.109. The second-order valence-corrected chi connectivity index (χ2v) is 3.30. The van der Waals surface area contributed by atoms with Crippen molar-refractivity contribution in [3.63, 3.8) is 0 Å². The van der Waals surface area contributed by atoms with Crippen molar-refractivity contribution in [3.8, 4) is 0 Å². The van der Waals surface area contributed by atoms with E-state index in [1.54, 1.807) is 24.3 Å². The second kappa shape index (κ2) is 5.50. The number of benzene rings is 1. The molecule has 1 aromatic carbocycles. The standard InChI is InChI=1S/C10H13ClN2O/c11-5-2-6-13-10(14)8-3-1-4-9(12)7-8/h1,3-4,7H,2,5-6,12H2,(H,13,14). The molecule has 0 saturated carbocycles. The van der Waals surface area contributed by atoms with E-state index in [1.807, 2.05) is 0 Å². The average molecular weight is 213 g/mol. The molecular weight excluding hydrogens is 200 g/mol. The minimum atomic E-state index is -0.109. The van der Waals surface area contributed by atoms with E-state index >= 15 is 0 Å². The van der Waals surface area contributed by atoms with Crippen LogP contribution in [0.2, 0.25) is 0 Å². The molecule has 0 atom stereocenters. The van der Waals surface area contributed by atoms with Crippen molar-refractivity contribution < 1.29 is 4.79 Å². The number of nitrogens with two attached hydrogens (primary N) is 1. The molecule has 1 amide bonds. The number of rotatable bonds is 4. The van der Waals surface area contributed by atoms with Gasteiger partial charge in [0.25, 0.3) is 5.91 Å². The van der Waals surface area contributed by atoms with E-state index in [9.17, 15) is 4.79 Å². The van der Waals surface area contributed by atoms with Gasteiger partial charge < -0.3 is 11.1 Å². The van der Waals surface area contributed by atoms with Gasteiger partial charge in [-0.05, 0) is 24.6 Å². The quantitative estimate of drug-likeness (QED) is 0.453. The molecule has 0 aliphatic carbocycles. The number of hydrogen-bond acceptors (Lipinski definition) is 2. The molecule has 0 saturated heterocycles. The number of nitrogen functional groups attached to an aromatic ring is 1. The summed E-state index contributed by atoms with van der Waals surface area (Å²) in [5.74, 6) is 0.444. The van der Waals surface area contributed by atoms with Crippen LogP contribution in [0.5, 0.6) is 0 Å². The summed E-state index contributed by atoms with van der Waals surface area (Å²) >= 11 is 5.48. The summed E-state index contributed by atoms with van der Waals surface area (Å²) in [5.41, 5.74) is 6.73. The lowest BCUT2D eigenvalue weighted by molar-refractivity contribution is 0.0954. The van der Waals surface area contributed by atoms with Crippen LogP contribution in [0.25, 0.3) is 0 Å². The Kier molecular flexibility index (Phi) is 4.26. The zero-order valence-corrected chi connectivity index (χ0v) is 8.55. The van der Waals surface area contributed by atoms with Crippen molar-refractivity contribution in [1.82, 2.24) is 5.32 Å². The van der Waals surface area contributed by atoms with E-state index in [-0.39, 0.29) is 5.91 Å². The fraction of sp³-hybridized carbons (Fsp3) is 0.300. The van der Waals surface area contributed by atoms with Crippen LogP contribution in [0.15, 0.2) is 24.3 Å². The third-order valence-corrected chi connectivity index (χ3v) is 2.01. The van der Waals surface area contributed by atoms with E-state index < -0.39 is 0 Å². The summed E-state index contributed by atoms with van der Waals surface area (Å²) < 4.78 is 0. The fourth-order valence-corrected chi connectivity index (χ4v) is 1.18. The lowest BCUT2D eigenvalue weighted by atomic mass is 10.2. The molecule has 0 heterocycles. The molecule has 1 aromatic rings. The number of halogens is 1. The van der Waals surface area contributed by atoms with E-state index in [0.717, 1.165) is 6.42 Å². The monoisotopic (exact) mass is 212 g/mol. The fourth-order valence-electron chi connectivity index (χ4n) is 1.05. The van der Waals surface area contributed by atoms with Crippen molar-refractivity contribution >= 4 is 23.2 Å². The zero-order valence-electron chi connectivity index (χ0n) is 7.79. The SMILES string of the molecule is Nc1cccc(C(=O)NCCCCl)c1. The number of carbonyl (C=O) groups excluding carboxylic acids is 1. The molecule has 0 bridgehead atoms. The van der Waals surface area contributed by atoms with Gasteiger partial charge in [-0.15, -0.1) is 11.6 Å². The highest BCUT2D eigenvalue weighted by Gasteiger charge is 2.03. The highest BCUT2D eigenvalue weighted by molar-refractivity contribution is 6.17. The molecule has 14 heavy (non-hydrogen) atoms. The van der Waals surface area contributed by atoms with Crippen LogP contribution in [0, 0.1) is 0 Å². The Bertz CT molecular complexity index is 315. The normalized spacial score (nSPS) is 9.79. The summed E-state index contributed by atoms with van der Waals surface area (Å²) in [6.45, 7) is 0.594. The topological polar surface area (TPSA) is 55.1 Å². The number of hydrogen-bond donors (Lipinski definition) is 2. The van der Waals surface area contributed by atoms with E-state index in [0.29, 0.717) is 23.7 Å². The molecule has 0 aliphatic rings. The predicted molar refractivity (Wildman–Crippen MR) is 58.5 cm³/mol. The molecule has 0 aromatic heterocycles. The van der Waals surface area contributed by atoms with E-state index in [4.69, 9.17) is 17.3 Å². The van der Waals surface area contributed by atoms with Crippen LogP contribution in [0.3, 0.4) is 0 Å². The highest BCUT2D eigenvalue weighted by Crippen LogP contribution is 2.05. The molecule has 0 aliphatic heterocycles. The maximum Gasteiger partial charge on any atom is 0.251 e. The van der Waals surface area contributed by atoms with Gasteiger partial charge in [0.1, 0.15) is 0 Å². The predicted octanol–water partition coefficient (Wildman–Crippen LogP) is 1.63. The van der Waals surface area contributed by atoms with Gasteiger partial charge in [0.2, 0.25) is 0 Å². The van der Waals surface area contributed by atoms with Crippen LogP contribution in [0.1, 0.15) is 16.8 Å². The molecular formula is C10H13ClN2O. The Morgan fingerprint density at radius 1 is 1.50 bits per heavy atom. The maximum atomic E-state index is 11.5. The minimum Gasteiger partial charge on any atom is -0.399 e. The Morgan fingerprint density at radius 2 is 2.29 bits per heavy atom. The largest absolute Gasteiger partial charge is 0.399 e. The first-order chi connectivity index (χ1) is 6.74. The highest BCUT2D eigenvalue weighted by atomic mass is 35.5. The Hall–Kier alpha value is -1.22. The second-order valence-electron chi connectivity index (χ2n) is 2.92. The summed E-state index contributed by atoms with van der Waals surface area (Å²) in [6, 6.07) is 6.88. The first kappa shape index (κ1) is 10.9. The van der Waals surface area contributed by atoms with Crippen LogP contribution in [-0.4, -0.2) is 18.3 Å². The lowest BCUT2D eigenvalue weighted by Crippen LogP contribution is -2.24. The molecule has 0 radical (unpaired) electrons. The van der Waals surface area contributed by atoms with Crippen LogP contribution in [0.4, 0.5) is 5.69 Å². The Balaban J connectivity index is 2.52. The number of anilines is 1. The number of alkyl halides is 1. The first-order valence-corrected chi connectivity index (χ1v) is 4.97. The molecule has 3 nitrogen and oxygen atoms in total. The van der Waals surface area contributed by atoms with Gasteiger partial charge in [-0.2, -0.15) is 0 Å². The van der Waals surface area contributed by atoms with Crippen molar-refractivity contribution in [2.75, 3.05) is 18.2 Å². The van der Waals surface area contributed by atoms with Gasteiger partial charge in [-0.1, -0.05) is 6.07 Å². The summed E-state index contributed by atoms with van der Waals surface area (Å²) in [6.07, 6.45) is 0.773. The van der Waals surface area contributed by atoms with E-state index in [2.05, 4.69) is 5.32 Å². The van der Waals surface area contributed by atoms with Crippen LogP contribution >= 0.6 is 11.6 Å². The summed E-state index contributed by atoms with van der Waals surface area (Å²) in [5, 5.41) is 2.75. The smallest absolute Gasteiger partial charge is 0.251 e. The molecule has 0 unspecified atom stereocenters.